The lowest BCUT2D eigenvalue weighted by Crippen LogP contribution is -2.14. The molecule has 0 radical (unpaired) electrons. The predicted molar refractivity (Wildman–Crippen MR) is 39.3 cm³/mol. The molecule has 0 aliphatic heterocycles. The molecule has 0 unspecified atom stereocenters. The van der Waals surface area contributed by atoms with Crippen LogP contribution in [0.5, 0.6) is 0 Å². The van der Waals surface area contributed by atoms with Gasteiger partial charge in [-0.2, -0.15) is 0 Å². The largest absolute Gasteiger partial charge is 0.419 e. The van der Waals surface area contributed by atoms with Gasteiger partial charge in [-0.3, -0.25) is 4.57 Å². The van der Waals surface area contributed by atoms with Crippen LogP contribution in [0.15, 0.2) is 15.4 Å². The lowest BCUT2D eigenvalue weighted by Gasteiger charge is -2.00. The highest BCUT2D eigenvalue weighted by molar-refractivity contribution is 4.89. The first-order valence-electron chi connectivity index (χ1n) is 3.47. The number of rotatable bonds is 2. The van der Waals surface area contributed by atoms with Gasteiger partial charge in [0.2, 0.25) is 0 Å². The zero-order chi connectivity index (χ0) is 8.43. The topological polar surface area (TPSA) is 55.4 Å². The summed E-state index contributed by atoms with van der Waals surface area (Å²) in [7, 11) is 0. The van der Waals surface area contributed by atoms with Crippen LogP contribution in [0.4, 0.5) is 0 Å². The molecule has 4 heteroatoms. The minimum Gasteiger partial charge on any atom is -0.410 e. The van der Waals surface area contributed by atoms with Crippen LogP contribution in [-0.2, 0) is 6.61 Å². The maximum absolute atomic E-state index is 10.9. The highest BCUT2D eigenvalue weighted by atomic mass is 16.4. The van der Waals surface area contributed by atoms with E-state index in [1.54, 1.807) is 0 Å². The molecule has 0 saturated heterocycles. The summed E-state index contributed by atoms with van der Waals surface area (Å²) in [5, 5.41) is 8.61. The van der Waals surface area contributed by atoms with E-state index < -0.39 is 5.76 Å². The van der Waals surface area contributed by atoms with Gasteiger partial charge in [0.1, 0.15) is 6.61 Å². The number of nitrogens with zero attached hydrogens (tertiary/aromatic N) is 1. The van der Waals surface area contributed by atoms with Gasteiger partial charge in [-0.25, -0.2) is 4.79 Å². The second-order valence-corrected chi connectivity index (χ2v) is 2.62. The van der Waals surface area contributed by atoms with E-state index in [1.165, 1.54) is 10.8 Å². The van der Waals surface area contributed by atoms with Crippen LogP contribution in [0.1, 0.15) is 25.6 Å². The Labute approximate surface area is 64.1 Å². The third-order valence-corrected chi connectivity index (χ3v) is 1.42. The molecule has 0 aliphatic carbocycles. The van der Waals surface area contributed by atoms with Crippen LogP contribution < -0.4 is 5.76 Å². The van der Waals surface area contributed by atoms with Crippen molar-refractivity contribution in [3.05, 3.63) is 22.5 Å². The van der Waals surface area contributed by atoms with E-state index in [1.807, 2.05) is 13.8 Å². The number of aliphatic hydroxyl groups excluding tert-OH is 1. The number of aromatic nitrogens is 1. The van der Waals surface area contributed by atoms with Crippen LogP contribution in [0, 0.1) is 0 Å². The SMILES string of the molecule is CC(C)n1cc(CO)oc1=O. The first kappa shape index (κ1) is 8.07. The van der Waals surface area contributed by atoms with E-state index >= 15 is 0 Å². The van der Waals surface area contributed by atoms with Crippen molar-refractivity contribution in [2.75, 3.05) is 0 Å². The van der Waals surface area contributed by atoms with E-state index in [0.717, 1.165) is 0 Å². The Morgan fingerprint density at radius 1 is 1.73 bits per heavy atom. The molecule has 1 N–H and O–H groups in total. The average molecular weight is 157 g/mol. The molecule has 1 aromatic heterocycles. The van der Waals surface area contributed by atoms with Gasteiger partial charge in [-0.15, -0.1) is 0 Å². The Morgan fingerprint density at radius 3 is 2.64 bits per heavy atom. The van der Waals surface area contributed by atoms with Gasteiger partial charge in [-0.1, -0.05) is 0 Å². The molecule has 0 atom stereocenters. The summed E-state index contributed by atoms with van der Waals surface area (Å²) in [5.74, 6) is -0.104. The number of oxazole rings is 1. The number of aliphatic hydroxyl groups is 1. The summed E-state index contributed by atoms with van der Waals surface area (Å²) in [6.45, 7) is 3.52. The predicted octanol–water partition coefficient (Wildman–Crippen LogP) is 0.514. The molecule has 11 heavy (non-hydrogen) atoms. The molecule has 1 aromatic rings. The summed E-state index contributed by atoms with van der Waals surface area (Å²) in [6.07, 6.45) is 1.52. The van der Waals surface area contributed by atoms with Crippen LogP contribution >= 0.6 is 0 Å². The third kappa shape index (κ3) is 1.51. The van der Waals surface area contributed by atoms with Gasteiger partial charge in [0, 0.05) is 6.04 Å². The Morgan fingerprint density at radius 2 is 2.36 bits per heavy atom. The van der Waals surface area contributed by atoms with Crippen LogP contribution in [0.2, 0.25) is 0 Å². The van der Waals surface area contributed by atoms with Crippen LogP contribution in [0.3, 0.4) is 0 Å². The standard InChI is InChI=1S/C7H11NO3/c1-5(2)8-3-6(4-9)11-7(8)10/h3,5,9H,4H2,1-2H3. The van der Waals surface area contributed by atoms with Gasteiger partial charge < -0.3 is 9.52 Å². The van der Waals surface area contributed by atoms with Crippen molar-refractivity contribution < 1.29 is 9.52 Å². The van der Waals surface area contributed by atoms with Crippen molar-refractivity contribution in [1.82, 2.24) is 4.57 Å². The fourth-order valence-electron chi connectivity index (χ4n) is 0.832. The number of hydrogen-bond donors (Lipinski definition) is 1. The molecular weight excluding hydrogens is 146 g/mol. The van der Waals surface area contributed by atoms with Gasteiger partial charge in [0.25, 0.3) is 0 Å². The maximum atomic E-state index is 10.9. The monoisotopic (exact) mass is 157 g/mol. The Bertz CT molecular complexity index is 284. The van der Waals surface area contributed by atoms with Gasteiger partial charge in [-0.05, 0) is 13.8 Å². The van der Waals surface area contributed by atoms with E-state index in [0.29, 0.717) is 5.76 Å². The second-order valence-electron chi connectivity index (χ2n) is 2.62. The van der Waals surface area contributed by atoms with Crippen LogP contribution in [0.25, 0.3) is 0 Å². The first-order valence-corrected chi connectivity index (χ1v) is 3.47. The third-order valence-electron chi connectivity index (χ3n) is 1.42. The Kier molecular flexibility index (Phi) is 2.14. The van der Waals surface area contributed by atoms with E-state index in [4.69, 9.17) is 5.11 Å². The van der Waals surface area contributed by atoms with Crippen LogP contribution in [-0.4, -0.2) is 9.67 Å². The van der Waals surface area contributed by atoms with Gasteiger partial charge >= 0.3 is 5.76 Å². The number of hydrogen-bond acceptors (Lipinski definition) is 3. The quantitative estimate of drug-likeness (QED) is 0.680. The van der Waals surface area contributed by atoms with Gasteiger partial charge in [0.15, 0.2) is 5.76 Å². The molecule has 62 valence electrons. The fourth-order valence-corrected chi connectivity index (χ4v) is 0.832. The van der Waals surface area contributed by atoms with Crippen molar-refractivity contribution in [2.24, 2.45) is 0 Å². The molecule has 1 rings (SSSR count). The Balaban J connectivity index is 3.07. The second kappa shape index (κ2) is 2.92. The summed E-state index contributed by atoms with van der Waals surface area (Å²) in [5.41, 5.74) is 0. The summed E-state index contributed by atoms with van der Waals surface area (Å²) in [6, 6.07) is 0.0755. The fraction of sp³-hybridized carbons (Fsp3) is 0.571. The van der Waals surface area contributed by atoms with Crippen molar-refractivity contribution in [3.8, 4) is 0 Å². The zero-order valence-electron chi connectivity index (χ0n) is 6.57. The lowest BCUT2D eigenvalue weighted by molar-refractivity contribution is 0.243. The molecular formula is C7H11NO3. The minimum absolute atomic E-state index is 0.0755. The molecule has 0 aliphatic rings. The molecule has 0 aromatic carbocycles. The average Bonchev–Trinajstić information content (AvgIpc) is 2.30. The highest BCUT2D eigenvalue weighted by Gasteiger charge is 2.06. The molecule has 4 nitrogen and oxygen atoms in total. The van der Waals surface area contributed by atoms with Crippen molar-refractivity contribution in [2.45, 2.75) is 26.5 Å². The summed E-state index contributed by atoms with van der Waals surface area (Å²) < 4.78 is 6.12. The minimum atomic E-state index is -0.413. The molecule has 0 saturated carbocycles. The van der Waals surface area contributed by atoms with E-state index in [-0.39, 0.29) is 12.6 Å². The first-order chi connectivity index (χ1) is 5.15. The van der Waals surface area contributed by atoms with E-state index in [9.17, 15) is 4.79 Å². The normalized spacial score (nSPS) is 10.9. The molecule has 0 amide bonds. The maximum Gasteiger partial charge on any atom is 0.419 e. The van der Waals surface area contributed by atoms with Crippen molar-refractivity contribution in [1.29, 1.82) is 0 Å². The molecule has 0 fully saturated rings. The summed E-state index contributed by atoms with van der Waals surface area (Å²) in [4.78, 5) is 10.9. The van der Waals surface area contributed by atoms with E-state index in [2.05, 4.69) is 4.42 Å². The lowest BCUT2D eigenvalue weighted by atomic mass is 10.4. The van der Waals surface area contributed by atoms with Gasteiger partial charge in [0.05, 0.1) is 6.20 Å². The van der Waals surface area contributed by atoms with Crippen molar-refractivity contribution >= 4 is 0 Å². The molecule has 0 spiro atoms. The summed E-state index contributed by atoms with van der Waals surface area (Å²) >= 11 is 0. The smallest absolute Gasteiger partial charge is 0.410 e. The Hall–Kier alpha value is -1.03. The molecule has 0 bridgehead atoms. The highest BCUT2D eigenvalue weighted by Crippen LogP contribution is 2.03. The molecule has 1 heterocycles. The van der Waals surface area contributed by atoms with Crippen molar-refractivity contribution in [3.63, 3.8) is 0 Å². The zero-order valence-corrected chi connectivity index (χ0v) is 6.57.